The van der Waals surface area contributed by atoms with Gasteiger partial charge in [-0.1, -0.05) is 24.3 Å². The van der Waals surface area contributed by atoms with E-state index in [0.29, 0.717) is 12.2 Å². The highest BCUT2D eigenvalue weighted by molar-refractivity contribution is 5.85. The molecular weight excluding hydrogens is 254 g/mol. The lowest BCUT2D eigenvalue weighted by Crippen LogP contribution is -2.11. The van der Waals surface area contributed by atoms with Crippen LogP contribution in [0.25, 0.3) is 0 Å². The highest BCUT2D eigenvalue weighted by atomic mass is 16.5. The second kappa shape index (κ2) is 6.47. The highest BCUT2D eigenvalue weighted by Gasteiger charge is 2.02. The zero-order valence-corrected chi connectivity index (χ0v) is 11.2. The Balaban J connectivity index is 2.01. The third-order valence-electron chi connectivity index (χ3n) is 2.83. The standard InChI is InChI=1S/C15H17N3O2/c1-20-15(19)18-13-7-4-6-12(9-13)17-10-11-5-2-3-8-14(11)16/h2-9,17H,10,16H2,1H3,(H,18,19). The molecule has 0 saturated carbocycles. The SMILES string of the molecule is COC(=O)Nc1cccc(NCc2ccccc2N)c1. The van der Waals surface area contributed by atoms with Crippen LogP contribution in [0.4, 0.5) is 21.9 Å². The summed E-state index contributed by atoms with van der Waals surface area (Å²) < 4.78 is 4.55. The lowest BCUT2D eigenvalue weighted by Gasteiger charge is -2.10. The van der Waals surface area contributed by atoms with Crippen molar-refractivity contribution in [3.05, 3.63) is 54.1 Å². The summed E-state index contributed by atoms with van der Waals surface area (Å²) in [5.41, 5.74) is 9.23. The van der Waals surface area contributed by atoms with E-state index >= 15 is 0 Å². The molecule has 0 unspecified atom stereocenters. The fourth-order valence-corrected chi connectivity index (χ4v) is 1.77. The van der Waals surface area contributed by atoms with Crippen molar-refractivity contribution in [2.75, 3.05) is 23.5 Å². The molecular formula is C15H17N3O2. The summed E-state index contributed by atoms with van der Waals surface area (Å²) in [6, 6.07) is 15.1. The molecule has 0 spiro atoms. The van der Waals surface area contributed by atoms with Crippen LogP contribution < -0.4 is 16.4 Å². The summed E-state index contributed by atoms with van der Waals surface area (Å²) in [5.74, 6) is 0. The molecule has 5 heteroatoms. The van der Waals surface area contributed by atoms with E-state index in [9.17, 15) is 4.79 Å². The van der Waals surface area contributed by atoms with Crippen molar-refractivity contribution in [2.45, 2.75) is 6.54 Å². The van der Waals surface area contributed by atoms with Gasteiger partial charge in [0.15, 0.2) is 0 Å². The van der Waals surface area contributed by atoms with Crippen molar-refractivity contribution in [3.63, 3.8) is 0 Å². The third kappa shape index (κ3) is 3.65. The number of para-hydroxylation sites is 1. The number of hydrogen-bond acceptors (Lipinski definition) is 4. The molecule has 0 radical (unpaired) electrons. The number of ether oxygens (including phenoxy) is 1. The lowest BCUT2D eigenvalue weighted by atomic mass is 10.2. The maximum atomic E-state index is 11.1. The predicted molar refractivity (Wildman–Crippen MR) is 80.7 cm³/mol. The molecule has 2 aromatic carbocycles. The van der Waals surface area contributed by atoms with Crippen LogP contribution >= 0.6 is 0 Å². The van der Waals surface area contributed by atoms with Gasteiger partial charge in [-0.3, -0.25) is 5.32 Å². The Labute approximate surface area is 117 Å². The van der Waals surface area contributed by atoms with Crippen LogP contribution in [0, 0.1) is 0 Å². The molecule has 2 rings (SSSR count). The van der Waals surface area contributed by atoms with Gasteiger partial charge in [-0.25, -0.2) is 4.79 Å². The van der Waals surface area contributed by atoms with Crippen molar-refractivity contribution in [3.8, 4) is 0 Å². The van der Waals surface area contributed by atoms with Crippen molar-refractivity contribution in [1.82, 2.24) is 0 Å². The fourth-order valence-electron chi connectivity index (χ4n) is 1.77. The average Bonchev–Trinajstić information content (AvgIpc) is 2.47. The molecule has 0 fully saturated rings. The molecule has 104 valence electrons. The van der Waals surface area contributed by atoms with E-state index in [4.69, 9.17) is 5.73 Å². The fraction of sp³-hybridized carbons (Fsp3) is 0.133. The number of nitrogens with one attached hydrogen (secondary N) is 2. The minimum Gasteiger partial charge on any atom is -0.453 e. The second-order valence-corrected chi connectivity index (χ2v) is 4.25. The zero-order valence-electron chi connectivity index (χ0n) is 11.2. The number of anilines is 3. The molecule has 20 heavy (non-hydrogen) atoms. The van der Waals surface area contributed by atoms with Gasteiger partial charge in [0.25, 0.3) is 0 Å². The van der Waals surface area contributed by atoms with Gasteiger partial charge in [0.1, 0.15) is 0 Å². The summed E-state index contributed by atoms with van der Waals surface area (Å²) >= 11 is 0. The van der Waals surface area contributed by atoms with Gasteiger partial charge in [-0.05, 0) is 29.8 Å². The largest absolute Gasteiger partial charge is 0.453 e. The van der Waals surface area contributed by atoms with Crippen LogP contribution in [-0.4, -0.2) is 13.2 Å². The number of rotatable bonds is 4. The number of nitrogens with two attached hydrogens (primary N) is 1. The second-order valence-electron chi connectivity index (χ2n) is 4.25. The van der Waals surface area contributed by atoms with Gasteiger partial charge >= 0.3 is 6.09 Å². The van der Waals surface area contributed by atoms with Crippen LogP contribution in [0.1, 0.15) is 5.56 Å². The van der Waals surface area contributed by atoms with E-state index in [1.54, 1.807) is 6.07 Å². The van der Waals surface area contributed by atoms with E-state index in [2.05, 4.69) is 15.4 Å². The highest BCUT2D eigenvalue weighted by Crippen LogP contribution is 2.18. The summed E-state index contributed by atoms with van der Waals surface area (Å²) in [6.45, 7) is 0.619. The third-order valence-corrected chi connectivity index (χ3v) is 2.83. The quantitative estimate of drug-likeness (QED) is 0.747. The molecule has 0 aliphatic rings. The zero-order chi connectivity index (χ0) is 14.4. The van der Waals surface area contributed by atoms with Gasteiger partial charge in [0, 0.05) is 23.6 Å². The minimum atomic E-state index is -0.491. The molecule has 0 saturated heterocycles. The van der Waals surface area contributed by atoms with Crippen molar-refractivity contribution >= 4 is 23.2 Å². The summed E-state index contributed by atoms with van der Waals surface area (Å²) in [6.07, 6.45) is -0.491. The van der Waals surface area contributed by atoms with Crippen LogP contribution in [0.2, 0.25) is 0 Å². The Morgan fingerprint density at radius 1 is 1.15 bits per heavy atom. The maximum absolute atomic E-state index is 11.1. The monoisotopic (exact) mass is 271 g/mol. The Morgan fingerprint density at radius 3 is 2.65 bits per heavy atom. The molecule has 0 aliphatic carbocycles. The first-order valence-corrected chi connectivity index (χ1v) is 6.21. The van der Waals surface area contributed by atoms with Gasteiger partial charge in [0.05, 0.1) is 7.11 Å². The molecule has 0 atom stereocenters. The van der Waals surface area contributed by atoms with E-state index in [0.717, 1.165) is 16.9 Å². The molecule has 0 bridgehead atoms. The van der Waals surface area contributed by atoms with E-state index in [-0.39, 0.29) is 0 Å². The predicted octanol–water partition coefficient (Wildman–Crippen LogP) is 3.06. The molecule has 4 N–H and O–H groups in total. The number of methoxy groups -OCH3 is 1. The average molecular weight is 271 g/mol. The molecule has 2 aromatic rings. The number of nitrogen functional groups attached to an aromatic ring is 1. The Hall–Kier alpha value is -2.69. The van der Waals surface area contributed by atoms with Gasteiger partial charge in [-0.2, -0.15) is 0 Å². The topological polar surface area (TPSA) is 76.4 Å². The Bertz CT molecular complexity index is 599. The molecule has 0 aromatic heterocycles. The molecule has 0 aliphatic heterocycles. The summed E-state index contributed by atoms with van der Waals surface area (Å²) in [5, 5.41) is 5.88. The molecule has 0 heterocycles. The summed E-state index contributed by atoms with van der Waals surface area (Å²) in [4.78, 5) is 11.1. The lowest BCUT2D eigenvalue weighted by molar-refractivity contribution is 0.187. The number of carbonyl (C=O) groups is 1. The van der Waals surface area contributed by atoms with E-state index < -0.39 is 6.09 Å². The van der Waals surface area contributed by atoms with Gasteiger partial charge in [-0.15, -0.1) is 0 Å². The smallest absolute Gasteiger partial charge is 0.411 e. The first kappa shape index (κ1) is 13.7. The van der Waals surface area contributed by atoms with Crippen molar-refractivity contribution in [2.24, 2.45) is 0 Å². The normalized spacial score (nSPS) is 9.85. The van der Waals surface area contributed by atoms with E-state index in [1.807, 2.05) is 42.5 Å². The Morgan fingerprint density at radius 2 is 1.90 bits per heavy atom. The number of benzene rings is 2. The van der Waals surface area contributed by atoms with Crippen LogP contribution in [0.3, 0.4) is 0 Å². The van der Waals surface area contributed by atoms with Crippen molar-refractivity contribution < 1.29 is 9.53 Å². The summed E-state index contributed by atoms with van der Waals surface area (Å²) in [7, 11) is 1.33. The van der Waals surface area contributed by atoms with Gasteiger partial charge in [0.2, 0.25) is 0 Å². The maximum Gasteiger partial charge on any atom is 0.411 e. The first-order valence-electron chi connectivity index (χ1n) is 6.21. The molecule has 5 nitrogen and oxygen atoms in total. The van der Waals surface area contributed by atoms with Gasteiger partial charge < -0.3 is 15.8 Å². The van der Waals surface area contributed by atoms with Crippen LogP contribution in [-0.2, 0) is 11.3 Å². The first-order chi connectivity index (χ1) is 9.69. The number of amides is 1. The van der Waals surface area contributed by atoms with Crippen molar-refractivity contribution in [1.29, 1.82) is 0 Å². The minimum absolute atomic E-state index is 0.491. The van der Waals surface area contributed by atoms with Crippen LogP contribution in [0.15, 0.2) is 48.5 Å². The number of hydrogen-bond donors (Lipinski definition) is 3. The Kier molecular flexibility index (Phi) is 4.44. The number of carbonyl (C=O) groups excluding carboxylic acids is 1. The molecule has 1 amide bonds. The van der Waals surface area contributed by atoms with Crippen LogP contribution in [0.5, 0.6) is 0 Å². The van der Waals surface area contributed by atoms with E-state index in [1.165, 1.54) is 7.11 Å².